The molecule has 3 rings (SSSR count). The minimum atomic E-state index is -0.204. The Labute approximate surface area is 165 Å². The van der Waals surface area contributed by atoms with Gasteiger partial charge in [-0.25, -0.2) is 9.97 Å². The molecule has 0 bridgehead atoms. The lowest BCUT2D eigenvalue weighted by molar-refractivity contribution is -0.118. The summed E-state index contributed by atoms with van der Waals surface area (Å²) in [6.07, 6.45) is 3.67. The summed E-state index contributed by atoms with van der Waals surface area (Å²) in [4.78, 5) is 20.3. The quantitative estimate of drug-likeness (QED) is 0.605. The lowest BCUT2D eigenvalue weighted by Crippen LogP contribution is -2.20. The predicted octanol–water partition coefficient (Wildman–Crippen LogP) is 4.50. The maximum absolute atomic E-state index is 12.1. The van der Waals surface area contributed by atoms with Gasteiger partial charge in [0, 0.05) is 23.1 Å². The van der Waals surface area contributed by atoms with Gasteiger partial charge in [0.15, 0.2) is 6.61 Å². The van der Waals surface area contributed by atoms with Crippen molar-refractivity contribution in [3.05, 3.63) is 72.2 Å². The van der Waals surface area contributed by atoms with Crippen molar-refractivity contribution >= 4 is 23.1 Å². The Morgan fingerprint density at radius 2 is 1.71 bits per heavy atom. The van der Waals surface area contributed by atoms with E-state index in [1.165, 1.54) is 11.9 Å². The number of anilines is 3. The van der Waals surface area contributed by atoms with Crippen molar-refractivity contribution in [3.63, 3.8) is 0 Å². The van der Waals surface area contributed by atoms with Gasteiger partial charge >= 0.3 is 0 Å². The SMILES string of the molecule is CCCc1ccc(OCC(=O)Nc2ccc(Nc3cc(C)ncn3)cc2)cc1. The molecule has 28 heavy (non-hydrogen) atoms. The second-order valence-electron chi connectivity index (χ2n) is 6.48. The highest BCUT2D eigenvalue weighted by Crippen LogP contribution is 2.18. The minimum absolute atomic E-state index is 0.0344. The van der Waals surface area contributed by atoms with E-state index in [0.717, 1.165) is 30.0 Å². The molecule has 0 fully saturated rings. The second kappa shape index (κ2) is 9.50. The van der Waals surface area contributed by atoms with Crippen LogP contribution in [0.5, 0.6) is 5.75 Å². The molecule has 0 saturated heterocycles. The fraction of sp³-hybridized carbons (Fsp3) is 0.227. The average molecular weight is 376 g/mol. The number of rotatable bonds is 8. The first kappa shape index (κ1) is 19.4. The highest BCUT2D eigenvalue weighted by atomic mass is 16.5. The molecule has 1 aromatic heterocycles. The van der Waals surface area contributed by atoms with Gasteiger partial charge < -0.3 is 15.4 Å². The first-order valence-corrected chi connectivity index (χ1v) is 9.29. The number of nitrogens with one attached hydrogen (secondary N) is 2. The van der Waals surface area contributed by atoms with E-state index in [2.05, 4.69) is 27.5 Å². The van der Waals surface area contributed by atoms with E-state index in [0.29, 0.717) is 11.4 Å². The third-order valence-corrected chi connectivity index (χ3v) is 4.08. The Balaban J connectivity index is 1.48. The Morgan fingerprint density at radius 1 is 1.00 bits per heavy atom. The summed E-state index contributed by atoms with van der Waals surface area (Å²) in [5.74, 6) is 1.21. The Hall–Kier alpha value is -3.41. The molecular formula is C22H24N4O2. The van der Waals surface area contributed by atoms with Crippen molar-refractivity contribution in [2.75, 3.05) is 17.2 Å². The van der Waals surface area contributed by atoms with Crippen LogP contribution in [0.2, 0.25) is 0 Å². The second-order valence-corrected chi connectivity index (χ2v) is 6.48. The molecule has 0 atom stereocenters. The molecule has 0 aliphatic carbocycles. The van der Waals surface area contributed by atoms with Crippen LogP contribution in [0, 0.1) is 6.92 Å². The number of ether oxygens (including phenoxy) is 1. The number of hydrogen-bond acceptors (Lipinski definition) is 5. The molecule has 0 aliphatic heterocycles. The number of aromatic nitrogens is 2. The summed E-state index contributed by atoms with van der Waals surface area (Å²) in [6.45, 7) is 4.02. The van der Waals surface area contributed by atoms with E-state index >= 15 is 0 Å². The summed E-state index contributed by atoms with van der Waals surface area (Å²) in [7, 11) is 0. The highest BCUT2D eigenvalue weighted by Gasteiger charge is 2.05. The summed E-state index contributed by atoms with van der Waals surface area (Å²) < 4.78 is 5.55. The van der Waals surface area contributed by atoms with Gasteiger partial charge in [0.1, 0.15) is 17.9 Å². The summed E-state index contributed by atoms with van der Waals surface area (Å²) >= 11 is 0. The zero-order chi connectivity index (χ0) is 19.8. The molecule has 3 aromatic rings. The number of benzene rings is 2. The van der Waals surface area contributed by atoms with E-state index in [1.807, 2.05) is 61.5 Å². The molecular weight excluding hydrogens is 352 g/mol. The van der Waals surface area contributed by atoms with Crippen LogP contribution in [0.1, 0.15) is 24.6 Å². The maximum Gasteiger partial charge on any atom is 0.262 e. The fourth-order valence-electron chi connectivity index (χ4n) is 2.69. The molecule has 0 unspecified atom stereocenters. The first-order chi connectivity index (χ1) is 13.6. The number of hydrogen-bond donors (Lipinski definition) is 2. The number of carbonyl (C=O) groups excluding carboxylic acids is 1. The number of amides is 1. The molecule has 0 radical (unpaired) electrons. The fourth-order valence-corrected chi connectivity index (χ4v) is 2.69. The summed E-state index contributed by atoms with van der Waals surface area (Å²) in [5.41, 5.74) is 3.74. The molecule has 1 heterocycles. The lowest BCUT2D eigenvalue weighted by Gasteiger charge is -2.10. The molecule has 144 valence electrons. The standard InChI is InChI=1S/C22H24N4O2/c1-3-4-17-5-11-20(12-6-17)28-14-22(27)26-19-9-7-18(8-10-19)25-21-13-16(2)23-15-24-21/h5-13,15H,3-4,14H2,1-2H3,(H,26,27)(H,23,24,25). The van der Waals surface area contributed by atoms with Gasteiger partial charge in [-0.05, 0) is 55.3 Å². The monoisotopic (exact) mass is 376 g/mol. The Morgan fingerprint density at radius 3 is 2.39 bits per heavy atom. The molecule has 0 saturated carbocycles. The van der Waals surface area contributed by atoms with E-state index < -0.39 is 0 Å². The van der Waals surface area contributed by atoms with Gasteiger partial charge in [-0.3, -0.25) is 4.79 Å². The molecule has 6 heteroatoms. The van der Waals surface area contributed by atoms with Crippen molar-refractivity contribution in [2.24, 2.45) is 0 Å². The largest absolute Gasteiger partial charge is 0.484 e. The maximum atomic E-state index is 12.1. The van der Waals surface area contributed by atoms with Crippen molar-refractivity contribution in [3.8, 4) is 5.75 Å². The van der Waals surface area contributed by atoms with Crippen molar-refractivity contribution in [2.45, 2.75) is 26.7 Å². The van der Waals surface area contributed by atoms with Crippen LogP contribution in [-0.2, 0) is 11.2 Å². The van der Waals surface area contributed by atoms with E-state index in [-0.39, 0.29) is 12.5 Å². The van der Waals surface area contributed by atoms with Crippen molar-refractivity contribution < 1.29 is 9.53 Å². The third-order valence-electron chi connectivity index (χ3n) is 4.08. The molecule has 0 aliphatic rings. The van der Waals surface area contributed by atoms with Crippen LogP contribution in [0.25, 0.3) is 0 Å². The van der Waals surface area contributed by atoms with Crippen LogP contribution in [0.4, 0.5) is 17.2 Å². The minimum Gasteiger partial charge on any atom is -0.484 e. The van der Waals surface area contributed by atoms with E-state index in [9.17, 15) is 4.79 Å². The zero-order valence-corrected chi connectivity index (χ0v) is 16.1. The van der Waals surface area contributed by atoms with Crippen molar-refractivity contribution in [1.29, 1.82) is 0 Å². The molecule has 1 amide bonds. The van der Waals surface area contributed by atoms with Crippen LogP contribution in [-0.4, -0.2) is 22.5 Å². The van der Waals surface area contributed by atoms with Crippen LogP contribution >= 0.6 is 0 Å². The van der Waals surface area contributed by atoms with E-state index in [4.69, 9.17) is 4.74 Å². The summed E-state index contributed by atoms with van der Waals surface area (Å²) in [6, 6.07) is 17.1. The Bertz CT molecular complexity index is 909. The normalized spacial score (nSPS) is 10.4. The summed E-state index contributed by atoms with van der Waals surface area (Å²) in [5, 5.41) is 6.02. The van der Waals surface area contributed by atoms with Gasteiger partial charge in [0.2, 0.25) is 0 Å². The van der Waals surface area contributed by atoms with Crippen LogP contribution in [0.15, 0.2) is 60.9 Å². The molecule has 6 nitrogen and oxygen atoms in total. The van der Waals surface area contributed by atoms with Gasteiger partial charge in [0.05, 0.1) is 0 Å². The smallest absolute Gasteiger partial charge is 0.262 e. The zero-order valence-electron chi connectivity index (χ0n) is 16.1. The molecule has 2 aromatic carbocycles. The van der Waals surface area contributed by atoms with Gasteiger partial charge in [-0.15, -0.1) is 0 Å². The van der Waals surface area contributed by atoms with Gasteiger partial charge in [-0.2, -0.15) is 0 Å². The van der Waals surface area contributed by atoms with Gasteiger partial charge in [-0.1, -0.05) is 25.5 Å². The molecule has 2 N–H and O–H groups in total. The van der Waals surface area contributed by atoms with Gasteiger partial charge in [0.25, 0.3) is 5.91 Å². The highest BCUT2D eigenvalue weighted by molar-refractivity contribution is 5.92. The Kier molecular flexibility index (Phi) is 6.57. The number of nitrogens with zero attached hydrogens (tertiary/aromatic N) is 2. The predicted molar refractivity (Wildman–Crippen MR) is 111 cm³/mol. The topological polar surface area (TPSA) is 76.1 Å². The first-order valence-electron chi connectivity index (χ1n) is 9.29. The van der Waals surface area contributed by atoms with Crippen LogP contribution in [0.3, 0.4) is 0 Å². The third kappa shape index (κ3) is 5.81. The average Bonchev–Trinajstić information content (AvgIpc) is 2.69. The van der Waals surface area contributed by atoms with Crippen LogP contribution < -0.4 is 15.4 Å². The van der Waals surface area contributed by atoms with E-state index in [1.54, 1.807) is 0 Å². The van der Waals surface area contributed by atoms with Crippen molar-refractivity contribution in [1.82, 2.24) is 9.97 Å². The molecule has 0 spiro atoms. The lowest BCUT2D eigenvalue weighted by atomic mass is 10.1. The number of carbonyl (C=O) groups is 1. The number of aryl methyl sites for hydroxylation is 2.